The Bertz CT molecular complexity index is 865. The molecule has 136 valence electrons. The van der Waals surface area contributed by atoms with E-state index in [1.165, 1.54) is 11.3 Å². The maximum absolute atomic E-state index is 5.75. The highest BCUT2D eigenvalue weighted by molar-refractivity contribution is 5.86. The van der Waals surface area contributed by atoms with Crippen molar-refractivity contribution in [2.75, 3.05) is 45.3 Å². The van der Waals surface area contributed by atoms with Gasteiger partial charge in [-0.1, -0.05) is 12.1 Å². The number of furan rings is 1. The fraction of sp³-hybridized carbons (Fsp3) is 0.333. The summed E-state index contributed by atoms with van der Waals surface area (Å²) in [6.07, 6.45) is 1.86. The molecule has 0 bridgehead atoms. The molecule has 2 aromatic carbocycles. The number of methoxy groups -OCH3 is 2. The quantitative estimate of drug-likeness (QED) is 0.699. The second-order valence-electron chi connectivity index (χ2n) is 6.56. The maximum atomic E-state index is 5.75. The van der Waals surface area contributed by atoms with E-state index in [-0.39, 0.29) is 0 Å². The molecule has 0 N–H and O–H groups in total. The van der Waals surface area contributed by atoms with Crippen molar-refractivity contribution in [3.05, 3.63) is 54.3 Å². The fourth-order valence-electron chi connectivity index (χ4n) is 3.57. The van der Waals surface area contributed by atoms with Crippen LogP contribution in [0.2, 0.25) is 0 Å². The molecule has 0 aliphatic carbocycles. The molecule has 1 aliphatic heterocycles. The molecule has 0 atom stereocenters. The van der Waals surface area contributed by atoms with Crippen LogP contribution in [0, 0.1) is 0 Å². The van der Waals surface area contributed by atoms with Crippen LogP contribution in [-0.2, 0) is 6.54 Å². The van der Waals surface area contributed by atoms with Gasteiger partial charge in [-0.3, -0.25) is 4.90 Å². The number of piperazine rings is 1. The minimum Gasteiger partial charge on any atom is -0.497 e. The lowest BCUT2D eigenvalue weighted by molar-refractivity contribution is 0.250. The van der Waals surface area contributed by atoms with Gasteiger partial charge in [0, 0.05) is 49.4 Å². The summed E-state index contributed by atoms with van der Waals surface area (Å²) in [6.45, 7) is 5.00. The van der Waals surface area contributed by atoms with Crippen LogP contribution < -0.4 is 14.4 Å². The van der Waals surface area contributed by atoms with Gasteiger partial charge in [0.15, 0.2) is 11.3 Å². The first-order valence-electron chi connectivity index (χ1n) is 8.93. The third-order valence-electron chi connectivity index (χ3n) is 5.07. The molecule has 4 rings (SSSR count). The van der Waals surface area contributed by atoms with Crippen LogP contribution in [-0.4, -0.2) is 45.3 Å². The number of benzene rings is 2. The van der Waals surface area contributed by atoms with E-state index in [1.54, 1.807) is 14.2 Å². The molecule has 26 heavy (non-hydrogen) atoms. The van der Waals surface area contributed by atoms with Crippen molar-refractivity contribution in [2.45, 2.75) is 6.54 Å². The summed E-state index contributed by atoms with van der Waals surface area (Å²) in [4.78, 5) is 4.90. The van der Waals surface area contributed by atoms with Crippen LogP contribution in [0.3, 0.4) is 0 Å². The summed E-state index contributed by atoms with van der Waals surface area (Å²) >= 11 is 0. The van der Waals surface area contributed by atoms with E-state index in [0.29, 0.717) is 0 Å². The molecular weight excluding hydrogens is 328 g/mol. The number of fused-ring (bicyclic) bond motifs is 1. The minimum absolute atomic E-state index is 0.790. The molecule has 1 saturated heterocycles. The van der Waals surface area contributed by atoms with Crippen molar-refractivity contribution in [3.8, 4) is 11.5 Å². The van der Waals surface area contributed by atoms with Gasteiger partial charge >= 0.3 is 0 Å². The zero-order chi connectivity index (χ0) is 17.9. The minimum atomic E-state index is 0.790. The smallest absolute Gasteiger partial charge is 0.176 e. The topological polar surface area (TPSA) is 38.1 Å². The third-order valence-corrected chi connectivity index (χ3v) is 5.07. The average Bonchev–Trinajstić information content (AvgIpc) is 3.11. The van der Waals surface area contributed by atoms with E-state index in [0.717, 1.165) is 55.2 Å². The predicted octanol–water partition coefficient (Wildman–Crippen LogP) is 3.77. The van der Waals surface area contributed by atoms with Crippen molar-refractivity contribution in [1.29, 1.82) is 0 Å². The molecule has 2 heterocycles. The standard InChI is InChI=1S/C21H24N2O3/c1-24-18-8-6-17(7-9-18)23-12-10-22(11-13-23)14-16-15-26-21-19(16)4-3-5-20(21)25-2/h3-9,15H,10-14H2,1-2H3. The largest absolute Gasteiger partial charge is 0.497 e. The fourth-order valence-corrected chi connectivity index (χ4v) is 3.57. The van der Waals surface area contributed by atoms with E-state index >= 15 is 0 Å². The first kappa shape index (κ1) is 16.8. The lowest BCUT2D eigenvalue weighted by Gasteiger charge is -2.36. The normalized spacial score (nSPS) is 15.4. The number of ether oxygens (including phenoxy) is 2. The highest BCUT2D eigenvalue weighted by Gasteiger charge is 2.19. The Hall–Kier alpha value is -2.66. The highest BCUT2D eigenvalue weighted by Crippen LogP contribution is 2.30. The molecule has 3 aromatic rings. The maximum Gasteiger partial charge on any atom is 0.176 e. The van der Waals surface area contributed by atoms with Crippen molar-refractivity contribution in [3.63, 3.8) is 0 Å². The molecule has 0 unspecified atom stereocenters. The van der Waals surface area contributed by atoms with Gasteiger partial charge in [0.25, 0.3) is 0 Å². The van der Waals surface area contributed by atoms with Crippen LogP contribution in [0.15, 0.2) is 53.1 Å². The first-order valence-corrected chi connectivity index (χ1v) is 8.93. The Kier molecular flexibility index (Phi) is 4.71. The summed E-state index contributed by atoms with van der Waals surface area (Å²) in [5.74, 6) is 1.69. The molecular formula is C21H24N2O3. The summed E-state index contributed by atoms with van der Waals surface area (Å²) in [5.41, 5.74) is 3.31. The molecule has 1 aliphatic rings. The summed E-state index contributed by atoms with van der Waals surface area (Å²) in [7, 11) is 3.37. The number of para-hydroxylation sites is 1. The van der Waals surface area contributed by atoms with Gasteiger partial charge in [0.1, 0.15) is 5.75 Å². The van der Waals surface area contributed by atoms with Gasteiger partial charge in [-0.05, 0) is 30.3 Å². The summed E-state index contributed by atoms with van der Waals surface area (Å²) in [5, 5.41) is 1.14. The second-order valence-corrected chi connectivity index (χ2v) is 6.56. The summed E-state index contributed by atoms with van der Waals surface area (Å²) in [6, 6.07) is 14.4. The Morgan fingerprint density at radius 1 is 0.923 bits per heavy atom. The predicted molar refractivity (Wildman–Crippen MR) is 103 cm³/mol. The number of rotatable bonds is 5. The molecule has 5 nitrogen and oxygen atoms in total. The van der Waals surface area contributed by atoms with Gasteiger partial charge in [0.2, 0.25) is 0 Å². The van der Waals surface area contributed by atoms with E-state index in [9.17, 15) is 0 Å². The first-order chi connectivity index (χ1) is 12.8. The zero-order valence-electron chi connectivity index (χ0n) is 15.3. The molecule has 0 spiro atoms. The SMILES string of the molecule is COc1ccc(N2CCN(Cc3coc4c(OC)cccc34)CC2)cc1. The zero-order valence-corrected chi connectivity index (χ0v) is 15.3. The molecule has 1 aromatic heterocycles. The molecule has 0 radical (unpaired) electrons. The molecule has 1 fully saturated rings. The van der Waals surface area contributed by atoms with Crippen molar-refractivity contribution in [1.82, 2.24) is 4.90 Å². The van der Waals surface area contributed by atoms with Gasteiger partial charge in [-0.2, -0.15) is 0 Å². The van der Waals surface area contributed by atoms with Crippen molar-refractivity contribution >= 4 is 16.7 Å². The lowest BCUT2D eigenvalue weighted by Crippen LogP contribution is -2.45. The number of hydrogen-bond donors (Lipinski definition) is 0. The number of anilines is 1. The number of hydrogen-bond acceptors (Lipinski definition) is 5. The Morgan fingerprint density at radius 2 is 1.69 bits per heavy atom. The van der Waals surface area contributed by atoms with Gasteiger partial charge in [-0.25, -0.2) is 0 Å². The Morgan fingerprint density at radius 3 is 2.38 bits per heavy atom. The average molecular weight is 352 g/mol. The number of nitrogens with zero attached hydrogens (tertiary/aromatic N) is 2. The monoisotopic (exact) mass is 352 g/mol. The third kappa shape index (κ3) is 3.22. The van der Waals surface area contributed by atoms with E-state index in [4.69, 9.17) is 13.9 Å². The van der Waals surface area contributed by atoms with E-state index in [1.807, 2.05) is 30.5 Å². The molecule has 5 heteroatoms. The van der Waals surface area contributed by atoms with Gasteiger partial charge in [0.05, 0.1) is 20.5 Å². The van der Waals surface area contributed by atoms with E-state index < -0.39 is 0 Å². The second kappa shape index (κ2) is 7.30. The molecule has 0 saturated carbocycles. The van der Waals surface area contributed by atoms with Crippen LogP contribution in [0.1, 0.15) is 5.56 Å². The van der Waals surface area contributed by atoms with Crippen LogP contribution in [0.4, 0.5) is 5.69 Å². The van der Waals surface area contributed by atoms with Crippen molar-refractivity contribution < 1.29 is 13.9 Å². The molecule has 0 amide bonds. The highest BCUT2D eigenvalue weighted by atomic mass is 16.5. The van der Waals surface area contributed by atoms with Crippen molar-refractivity contribution in [2.24, 2.45) is 0 Å². The Labute approximate surface area is 153 Å². The van der Waals surface area contributed by atoms with Crippen LogP contribution in [0.5, 0.6) is 11.5 Å². The summed E-state index contributed by atoms with van der Waals surface area (Å²) < 4.78 is 16.4. The van der Waals surface area contributed by atoms with Crippen LogP contribution in [0.25, 0.3) is 11.0 Å². The van der Waals surface area contributed by atoms with Gasteiger partial charge < -0.3 is 18.8 Å². The van der Waals surface area contributed by atoms with E-state index in [2.05, 4.69) is 28.0 Å². The van der Waals surface area contributed by atoms with Gasteiger partial charge in [-0.15, -0.1) is 0 Å². The van der Waals surface area contributed by atoms with Crippen LogP contribution >= 0.6 is 0 Å². The Balaban J connectivity index is 1.41. The lowest BCUT2D eigenvalue weighted by atomic mass is 10.1.